The third kappa shape index (κ3) is 4.08. The lowest BCUT2D eigenvalue weighted by atomic mass is 10.1. The van der Waals surface area contributed by atoms with Crippen LogP contribution in [0.4, 0.5) is 10.5 Å². The molecule has 0 bridgehead atoms. The Bertz CT molecular complexity index is 411. The minimum absolute atomic E-state index is 0.00965. The highest BCUT2D eigenvalue weighted by atomic mass is 16.4. The number of nitrogens with one attached hydrogen (secondary N) is 1. The van der Waals surface area contributed by atoms with Crippen molar-refractivity contribution in [2.45, 2.75) is 20.3 Å². The van der Waals surface area contributed by atoms with Crippen molar-refractivity contribution in [1.82, 2.24) is 4.90 Å². The van der Waals surface area contributed by atoms with E-state index in [2.05, 4.69) is 5.32 Å². The topological polar surface area (TPSA) is 69.6 Å². The molecule has 1 aromatic rings. The molecule has 2 amide bonds. The van der Waals surface area contributed by atoms with Gasteiger partial charge in [0.2, 0.25) is 0 Å². The summed E-state index contributed by atoms with van der Waals surface area (Å²) in [5, 5.41) is 11.4. The quantitative estimate of drug-likeness (QED) is 0.841. The van der Waals surface area contributed by atoms with Crippen molar-refractivity contribution in [3.05, 3.63) is 29.8 Å². The minimum Gasteiger partial charge on any atom is -0.481 e. The molecular weight excluding hydrogens is 232 g/mol. The highest BCUT2D eigenvalue weighted by Gasteiger charge is 2.09. The van der Waals surface area contributed by atoms with Gasteiger partial charge in [0.1, 0.15) is 0 Å². The molecule has 0 aliphatic rings. The molecule has 0 saturated heterocycles. The van der Waals surface area contributed by atoms with Gasteiger partial charge in [-0.3, -0.25) is 4.79 Å². The Kier molecular flexibility index (Phi) is 5.17. The van der Waals surface area contributed by atoms with Gasteiger partial charge in [-0.1, -0.05) is 12.1 Å². The maximum absolute atomic E-state index is 11.8. The number of benzene rings is 1. The monoisotopic (exact) mass is 250 g/mol. The second-order valence-corrected chi connectivity index (χ2v) is 3.87. The SMILES string of the molecule is CCN(CC)C(=O)Nc1ccc(CC(=O)O)cc1. The molecule has 0 aliphatic carbocycles. The Balaban J connectivity index is 2.63. The molecular formula is C13H18N2O3. The number of hydrogen-bond acceptors (Lipinski definition) is 2. The Labute approximate surface area is 106 Å². The van der Waals surface area contributed by atoms with Gasteiger partial charge in [-0.15, -0.1) is 0 Å². The van der Waals surface area contributed by atoms with E-state index in [1.165, 1.54) is 0 Å². The van der Waals surface area contributed by atoms with Gasteiger partial charge in [0, 0.05) is 18.8 Å². The van der Waals surface area contributed by atoms with Crippen molar-refractivity contribution in [3.63, 3.8) is 0 Å². The molecule has 0 atom stereocenters. The summed E-state index contributed by atoms with van der Waals surface area (Å²) in [7, 11) is 0. The predicted octanol–water partition coefficient (Wildman–Crippen LogP) is 2.19. The molecule has 5 heteroatoms. The fraction of sp³-hybridized carbons (Fsp3) is 0.385. The van der Waals surface area contributed by atoms with Gasteiger partial charge >= 0.3 is 12.0 Å². The first-order valence-electron chi connectivity index (χ1n) is 5.93. The summed E-state index contributed by atoms with van der Waals surface area (Å²) >= 11 is 0. The normalized spacial score (nSPS) is 9.89. The number of carbonyl (C=O) groups excluding carboxylic acids is 1. The standard InChI is InChI=1S/C13H18N2O3/c1-3-15(4-2)13(18)14-11-7-5-10(6-8-11)9-12(16)17/h5-8H,3-4,9H2,1-2H3,(H,14,18)(H,16,17). The van der Waals surface area contributed by atoms with Gasteiger partial charge in [0.05, 0.1) is 6.42 Å². The van der Waals surface area contributed by atoms with Crippen molar-refractivity contribution in [1.29, 1.82) is 0 Å². The zero-order valence-corrected chi connectivity index (χ0v) is 10.6. The number of hydrogen-bond donors (Lipinski definition) is 2. The van der Waals surface area contributed by atoms with Crippen LogP contribution in [0.15, 0.2) is 24.3 Å². The number of anilines is 1. The average Bonchev–Trinajstić information content (AvgIpc) is 2.32. The van der Waals surface area contributed by atoms with Crippen LogP contribution in [0.5, 0.6) is 0 Å². The molecule has 0 fully saturated rings. The van der Waals surface area contributed by atoms with Crippen molar-refractivity contribution < 1.29 is 14.7 Å². The number of aliphatic carboxylic acids is 1. The van der Waals surface area contributed by atoms with E-state index in [9.17, 15) is 9.59 Å². The summed E-state index contributed by atoms with van der Waals surface area (Å²) < 4.78 is 0. The largest absolute Gasteiger partial charge is 0.481 e. The van der Waals surface area contributed by atoms with Crippen LogP contribution in [-0.4, -0.2) is 35.1 Å². The molecule has 5 nitrogen and oxygen atoms in total. The van der Waals surface area contributed by atoms with Crippen LogP contribution in [0.2, 0.25) is 0 Å². The van der Waals surface area contributed by atoms with E-state index < -0.39 is 5.97 Å². The van der Waals surface area contributed by atoms with Crippen LogP contribution < -0.4 is 5.32 Å². The maximum Gasteiger partial charge on any atom is 0.321 e. The van der Waals surface area contributed by atoms with Crippen molar-refractivity contribution >= 4 is 17.7 Å². The average molecular weight is 250 g/mol. The first-order chi connectivity index (χ1) is 8.56. The summed E-state index contributed by atoms with van der Waals surface area (Å²) in [5.41, 5.74) is 1.38. The van der Waals surface area contributed by atoms with Gasteiger partial charge in [-0.05, 0) is 31.5 Å². The van der Waals surface area contributed by atoms with Crippen LogP contribution in [0.1, 0.15) is 19.4 Å². The summed E-state index contributed by atoms with van der Waals surface area (Å²) in [6, 6.07) is 6.67. The maximum atomic E-state index is 11.8. The van der Waals surface area contributed by atoms with Crippen LogP contribution >= 0.6 is 0 Å². The van der Waals surface area contributed by atoms with E-state index in [1.807, 2.05) is 13.8 Å². The Morgan fingerprint density at radius 2 is 1.72 bits per heavy atom. The van der Waals surface area contributed by atoms with Crippen LogP contribution in [-0.2, 0) is 11.2 Å². The first kappa shape index (κ1) is 14.0. The van der Waals surface area contributed by atoms with E-state index in [-0.39, 0.29) is 12.5 Å². The number of nitrogens with zero attached hydrogens (tertiary/aromatic N) is 1. The number of urea groups is 1. The number of amides is 2. The fourth-order valence-corrected chi connectivity index (χ4v) is 1.59. The number of rotatable bonds is 5. The summed E-state index contributed by atoms with van der Waals surface area (Å²) in [4.78, 5) is 24.0. The molecule has 0 heterocycles. The smallest absolute Gasteiger partial charge is 0.321 e. The highest BCUT2D eigenvalue weighted by Crippen LogP contribution is 2.11. The first-order valence-corrected chi connectivity index (χ1v) is 5.93. The van der Waals surface area contributed by atoms with E-state index in [4.69, 9.17) is 5.11 Å². The minimum atomic E-state index is -0.866. The van der Waals surface area contributed by atoms with Crippen molar-refractivity contribution in [2.24, 2.45) is 0 Å². The summed E-state index contributed by atoms with van der Waals surface area (Å²) in [6.07, 6.45) is -0.00965. The molecule has 0 aliphatic heterocycles. The lowest BCUT2D eigenvalue weighted by Crippen LogP contribution is -2.34. The van der Waals surface area contributed by atoms with Gasteiger partial charge in [-0.25, -0.2) is 4.79 Å². The van der Waals surface area contributed by atoms with Crippen molar-refractivity contribution in [3.8, 4) is 0 Å². The molecule has 0 saturated carbocycles. The van der Waals surface area contributed by atoms with E-state index in [0.29, 0.717) is 24.3 Å². The predicted molar refractivity (Wildman–Crippen MR) is 69.7 cm³/mol. The lowest BCUT2D eigenvalue weighted by molar-refractivity contribution is -0.136. The molecule has 0 aromatic heterocycles. The molecule has 0 unspecified atom stereocenters. The van der Waals surface area contributed by atoms with E-state index in [1.54, 1.807) is 29.2 Å². The third-order valence-corrected chi connectivity index (χ3v) is 2.61. The highest BCUT2D eigenvalue weighted by molar-refractivity contribution is 5.89. The second kappa shape index (κ2) is 6.64. The Morgan fingerprint density at radius 1 is 1.17 bits per heavy atom. The lowest BCUT2D eigenvalue weighted by Gasteiger charge is -2.19. The molecule has 98 valence electrons. The number of carboxylic acid groups (broad SMARTS) is 1. The van der Waals surface area contributed by atoms with Gasteiger partial charge < -0.3 is 15.3 Å². The Morgan fingerprint density at radius 3 is 2.17 bits per heavy atom. The fourth-order valence-electron chi connectivity index (χ4n) is 1.59. The number of carboxylic acids is 1. The second-order valence-electron chi connectivity index (χ2n) is 3.87. The molecule has 0 radical (unpaired) electrons. The summed E-state index contributed by atoms with van der Waals surface area (Å²) in [6.45, 7) is 5.14. The van der Waals surface area contributed by atoms with Gasteiger partial charge in [0.15, 0.2) is 0 Å². The van der Waals surface area contributed by atoms with E-state index >= 15 is 0 Å². The third-order valence-electron chi connectivity index (χ3n) is 2.61. The van der Waals surface area contributed by atoms with Crippen LogP contribution in [0.25, 0.3) is 0 Å². The zero-order valence-electron chi connectivity index (χ0n) is 10.6. The molecule has 18 heavy (non-hydrogen) atoms. The van der Waals surface area contributed by atoms with E-state index in [0.717, 1.165) is 0 Å². The molecule has 0 spiro atoms. The molecule has 1 rings (SSSR count). The molecule has 1 aromatic carbocycles. The van der Waals surface area contributed by atoms with Crippen molar-refractivity contribution in [2.75, 3.05) is 18.4 Å². The molecule has 2 N–H and O–H groups in total. The zero-order chi connectivity index (χ0) is 13.5. The van der Waals surface area contributed by atoms with Gasteiger partial charge in [0.25, 0.3) is 0 Å². The Hall–Kier alpha value is -2.04. The van der Waals surface area contributed by atoms with Gasteiger partial charge in [-0.2, -0.15) is 0 Å². The van der Waals surface area contributed by atoms with Crippen LogP contribution in [0.3, 0.4) is 0 Å². The summed E-state index contributed by atoms with van der Waals surface area (Å²) in [5.74, 6) is -0.866. The van der Waals surface area contributed by atoms with Crippen LogP contribution in [0, 0.1) is 0 Å². The number of carbonyl (C=O) groups is 2.